The number of hydrogen-bond donors (Lipinski definition) is 1. The van der Waals surface area contributed by atoms with Gasteiger partial charge in [-0.3, -0.25) is 4.79 Å². The van der Waals surface area contributed by atoms with E-state index in [1.165, 1.54) is 0 Å². The van der Waals surface area contributed by atoms with Crippen LogP contribution in [0.1, 0.15) is 40.0 Å². The Morgan fingerprint density at radius 2 is 1.71 bits per heavy atom. The number of methoxy groups -OCH3 is 1. The first-order valence-corrected chi connectivity index (χ1v) is 9.29. The minimum Gasteiger partial charge on any atom is -0.496 e. The van der Waals surface area contributed by atoms with Crippen molar-refractivity contribution < 1.29 is 14.3 Å². The Kier molecular flexibility index (Phi) is 6.33. The van der Waals surface area contributed by atoms with Crippen LogP contribution in [0.25, 0.3) is 0 Å². The fourth-order valence-electron chi connectivity index (χ4n) is 3.09. The third-order valence-corrected chi connectivity index (χ3v) is 4.60. The highest BCUT2D eigenvalue weighted by molar-refractivity contribution is 5.95. The van der Waals surface area contributed by atoms with Crippen LogP contribution >= 0.6 is 0 Å². The maximum Gasteiger partial charge on any atom is 0.252 e. The Morgan fingerprint density at radius 3 is 2.46 bits per heavy atom. The topological polar surface area (TPSA) is 47.6 Å². The Bertz CT molecular complexity index is 938. The Labute approximate surface area is 166 Å². The lowest BCUT2D eigenvalue weighted by Gasteiger charge is -2.19. The zero-order chi connectivity index (χ0) is 19.9. The van der Waals surface area contributed by atoms with E-state index in [1.807, 2.05) is 86.6 Å². The van der Waals surface area contributed by atoms with Gasteiger partial charge in [0.05, 0.1) is 13.2 Å². The summed E-state index contributed by atoms with van der Waals surface area (Å²) < 4.78 is 11.3. The minimum atomic E-state index is -0.189. The summed E-state index contributed by atoms with van der Waals surface area (Å²) in [5, 5.41) is 3.08. The molecule has 1 atom stereocenters. The number of rotatable bonds is 7. The number of benzene rings is 3. The highest BCUT2D eigenvalue weighted by Gasteiger charge is 2.17. The zero-order valence-corrected chi connectivity index (χ0v) is 16.4. The lowest BCUT2D eigenvalue weighted by Crippen LogP contribution is -2.28. The van der Waals surface area contributed by atoms with E-state index in [-0.39, 0.29) is 11.9 Å². The fraction of sp³-hybridized carbons (Fsp3) is 0.208. The number of amides is 1. The van der Waals surface area contributed by atoms with Crippen LogP contribution in [0.4, 0.5) is 0 Å². The first-order chi connectivity index (χ1) is 13.6. The van der Waals surface area contributed by atoms with E-state index in [9.17, 15) is 4.79 Å². The van der Waals surface area contributed by atoms with Gasteiger partial charge >= 0.3 is 0 Å². The molecule has 3 rings (SSSR count). The van der Waals surface area contributed by atoms with Gasteiger partial charge in [-0.15, -0.1) is 0 Å². The summed E-state index contributed by atoms with van der Waals surface area (Å²) in [5.41, 5.74) is 3.52. The highest BCUT2D eigenvalue weighted by atomic mass is 16.5. The highest BCUT2D eigenvalue weighted by Crippen LogP contribution is 2.26. The van der Waals surface area contributed by atoms with Crippen molar-refractivity contribution in [3.63, 3.8) is 0 Å². The molecule has 3 aromatic carbocycles. The molecule has 0 aromatic heterocycles. The molecule has 4 heteroatoms. The van der Waals surface area contributed by atoms with Crippen molar-refractivity contribution >= 4 is 5.91 Å². The van der Waals surface area contributed by atoms with Crippen LogP contribution in [0, 0.1) is 6.92 Å². The van der Waals surface area contributed by atoms with Gasteiger partial charge in [-0.1, -0.05) is 54.1 Å². The van der Waals surface area contributed by atoms with Crippen molar-refractivity contribution in [1.82, 2.24) is 5.32 Å². The molecule has 0 bridgehead atoms. The number of nitrogens with one attached hydrogen (secondary N) is 1. The van der Waals surface area contributed by atoms with E-state index in [1.54, 1.807) is 7.11 Å². The molecule has 0 saturated heterocycles. The summed E-state index contributed by atoms with van der Waals surface area (Å²) in [6.07, 6.45) is 0. The van der Waals surface area contributed by atoms with Crippen molar-refractivity contribution in [3.8, 4) is 11.5 Å². The van der Waals surface area contributed by atoms with E-state index in [4.69, 9.17) is 9.47 Å². The molecule has 1 amide bonds. The van der Waals surface area contributed by atoms with E-state index in [2.05, 4.69) is 5.32 Å². The van der Waals surface area contributed by atoms with Gasteiger partial charge in [0.15, 0.2) is 0 Å². The summed E-state index contributed by atoms with van der Waals surface area (Å²) in [4.78, 5) is 12.9. The van der Waals surface area contributed by atoms with E-state index < -0.39 is 0 Å². The maximum absolute atomic E-state index is 12.9. The third-order valence-electron chi connectivity index (χ3n) is 4.60. The monoisotopic (exact) mass is 375 g/mol. The zero-order valence-electron chi connectivity index (χ0n) is 16.4. The lowest BCUT2D eigenvalue weighted by atomic mass is 10.0. The summed E-state index contributed by atoms with van der Waals surface area (Å²) in [6, 6.07) is 22.8. The van der Waals surface area contributed by atoms with Crippen molar-refractivity contribution in [2.45, 2.75) is 26.5 Å². The normalized spacial score (nSPS) is 11.5. The van der Waals surface area contributed by atoms with Gasteiger partial charge in [0, 0.05) is 16.7 Å². The molecule has 0 fully saturated rings. The first kappa shape index (κ1) is 19.5. The summed E-state index contributed by atoms with van der Waals surface area (Å²) in [6.45, 7) is 4.31. The number of ether oxygens (including phenoxy) is 2. The molecule has 0 saturated carbocycles. The number of aryl methyl sites for hydroxylation is 1. The number of carbonyl (C=O) groups excluding carboxylic acids is 1. The van der Waals surface area contributed by atoms with Gasteiger partial charge in [0.1, 0.15) is 18.1 Å². The van der Waals surface area contributed by atoms with Crippen molar-refractivity contribution in [3.05, 3.63) is 95.1 Å². The number of carbonyl (C=O) groups is 1. The van der Waals surface area contributed by atoms with Crippen LogP contribution in [0.5, 0.6) is 11.5 Å². The van der Waals surface area contributed by atoms with Gasteiger partial charge < -0.3 is 14.8 Å². The van der Waals surface area contributed by atoms with Crippen molar-refractivity contribution in [2.24, 2.45) is 0 Å². The molecule has 144 valence electrons. The molecular formula is C24H25NO3. The lowest BCUT2D eigenvalue weighted by molar-refractivity contribution is 0.0937. The van der Waals surface area contributed by atoms with Crippen molar-refractivity contribution in [2.75, 3.05) is 7.11 Å². The third kappa shape index (κ3) is 4.71. The molecule has 0 radical (unpaired) electrons. The second-order valence-electron chi connectivity index (χ2n) is 6.70. The summed E-state index contributed by atoms with van der Waals surface area (Å²) in [5.74, 6) is 1.40. The van der Waals surface area contributed by atoms with Crippen LogP contribution < -0.4 is 14.8 Å². The molecule has 0 aliphatic heterocycles. The molecule has 0 aliphatic carbocycles. The molecule has 4 nitrogen and oxygen atoms in total. The average Bonchev–Trinajstić information content (AvgIpc) is 2.73. The van der Waals surface area contributed by atoms with Crippen LogP contribution in [0.15, 0.2) is 72.8 Å². The first-order valence-electron chi connectivity index (χ1n) is 9.29. The Balaban J connectivity index is 1.75. The van der Waals surface area contributed by atoms with Gasteiger partial charge in [-0.25, -0.2) is 0 Å². The number of hydrogen-bond acceptors (Lipinski definition) is 3. The Morgan fingerprint density at radius 1 is 1.00 bits per heavy atom. The fourth-order valence-corrected chi connectivity index (χ4v) is 3.09. The molecule has 3 aromatic rings. The number of para-hydroxylation sites is 1. The molecular weight excluding hydrogens is 350 g/mol. The minimum absolute atomic E-state index is 0.136. The molecule has 28 heavy (non-hydrogen) atoms. The largest absolute Gasteiger partial charge is 0.496 e. The van der Waals surface area contributed by atoms with Crippen LogP contribution in [0.2, 0.25) is 0 Å². The average molecular weight is 375 g/mol. The molecule has 0 spiro atoms. The van der Waals surface area contributed by atoms with Crippen LogP contribution in [-0.2, 0) is 6.61 Å². The second kappa shape index (κ2) is 9.09. The van der Waals surface area contributed by atoms with Crippen LogP contribution in [-0.4, -0.2) is 13.0 Å². The Hall–Kier alpha value is -3.27. The quantitative estimate of drug-likeness (QED) is 0.627. The molecule has 0 heterocycles. The van der Waals surface area contributed by atoms with Crippen molar-refractivity contribution in [1.29, 1.82) is 0 Å². The maximum atomic E-state index is 12.9. The van der Waals surface area contributed by atoms with Crippen LogP contribution in [0.3, 0.4) is 0 Å². The molecule has 1 unspecified atom stereocenters. The molecule has 1 N–H and O–H groups in total. The molecule has 0 aliphatic rings. The van der Waals surface area contributed by atoms with Gasteiger partial charge in [0.25, 0.3) is 5.91 Å². The smallest absolute Gasteiger partial charge is 0.252 e. The van der Waals surface area contributed by atoms with Gasteiger partial charge in [-0.05, 0) is 38.1 Å². The van der Waals surface area contributed by atoms with E-state index >= 15 is 0 Å². The predicted octanol–water partition coefficient (Wildman–Crippen LogP) is 5.07. The van der Waals surface area contributed by atoms with E-state index in [0.29, 0.717) is 12.2 Å². The van der Waals surface area contributed by atoms with Gasteiger partial charge in [-0.2, -0.15) is 0 Å². The summed E-state index contributed by atoms with van der Waals surface area (Å²) >= 11 is 0. The SMILES string of the molecule is COc1ccc(C)cc1C(C)NC(=O)c1ccccc1COc1ccccc1. The summed E-state index contributed by atoms with van der Waals surface area (Å²) in [7, 11) is 1.64. The van der Waals surface area contributed by atoms with E-state index in [0.717, 1.165) is 28.2 Å². The second-order valence-corrected chi connectivity index (χ2v) is 6.70. The van der Waals surface area contributed by atoms with Gasteiger partial charge in [0.2, 0.25) is 0 Å². The predicted molar refractivity (Wildman–Crippen MR) is 111 cm³/mol. The standard InChI is InChI=1S/C24H25NO3/c1-17-13-14-23(27-3)22(15-17)18(2)25-24(26)21-12-8-7-9-19(21)16-28-20-10-5-4-6-11-20/h4-15,18H,16H2,1-3H3,(H,25,26).